The fraction of sp³-hybridized carbons (Fsp3) is 0. The highest BCUT2D eigenvalue weighted by Gasteiger charge is 1.92. The molecule has 3 nitrogen and oxygen atoms in total. The summed E-state index contributed by atoms with van der Waals surface area (Å²) in [6.45, 7) is 2.44. The molecule has 0 atom stereocenters. The predicted molar refractivity (Wildman–Crippen MR) is 35.7 cm³/mol. The van der Waals surface area contributed by atoms with Gasteiger partial charge in [-0.1, -0.05) is 13.2 Å². The van der Waals surface area contributed by atoms with Crippen LogP contribution in [0.5, 0.6) is 0 Å². The summed E-state index contributed by atoms with van der Waals surface area (Å²) in [6.07, 6.45) is 0. The Morgan fingerprint density at radius 3 is 1.25 bits per heavy atom. The summed E-state index contributed by atoms with van der Waals surface area (Å²) in [4.78, 5) is 22.7. The van der Waals surface area contributed by atoms with Gasteiger partial charge >= 0.3 is 6.72 Å². The van der Waals surface area contributed by atoms with Crippen LogP contribution in [0.4, 0.5) is 0 Å². The van der Waals surface area contributed by atoms with Gasteiger partial charge in [-0.15, -0.1) is 5.73 Å². The molecule has 0 aliphatic carbocycles. The van der Waals surface area contributed by atoms with E-state index in [2.05, 4.69) is 30.7 Å². The van der Waals surface area contributed by atoms with Gasteiger partial charge in [-0.2, -0.15) is 0 Å². The van der Waals surface area contributed by atoms with Crippen molar-refractivity contribution in [3.05, 3.63) is 18.9 Å². The smallest absolute Gasteiger partial charge is 0.319 e. The van der Waals surface area contributed by atoms with Crippen LogP contribution >= 0.6 is 6.72 Å². The lowest BCUT2D eigenvalue weighted by Gasteiger charge is -1.88. The van der Waals surface area contributed by atoms with Gasteiger partial charge in [0.15, 0.2) is 0 Å². The molecule has 0 aliphatic heterocycles. The SMILES string of the molecule is C=C=C.OP(O)(O)=S. The lowest BCUT2D eigenvalue weighted by atomic mass is 11.0. The fourth-order valence-electron chi connectivity index (χ4n) is 0. The fourth-order valence-corrected chi connectivity index (χ4v) is 0. The number of hydrogen-bond acceptors (Lipinski definition) is 1. The van der Waals surface area contributed by atoms with Crippen LogP contribution in [0.3, 0.4) is 0 Å². The lowest BCUT2D eigenvalue weighted by Crippen LogP contribution is -1.65. The molecule has 0 heterocycles. The van der Waals surface area contributed by atoms with Crippen molar-refractivity contribution in [1.29, 1.82) is 0 Å². The van der Waals surface area contributed by atoms with E-state index in [0.717, 1.165) is 0 Å². The van der Waals surface area contributed by atoms with E-state index in [1.807, 2.05) is 0 Å². The van der Waals surface area contributed by atoms with Gasteiger partial charge in [-0.25, -0.2) is 0 Å². The van der Waals surface area contributed by atoms with Gasteiger partial charge in [-0.05, 0) is 11.8 Å². The summed E-state index contributed by atoms with van der Waals surface area (Å²) in [6, 6.07) is 0. The average molecular weight is 154 g/mol. The molecule has 0 fully saturated rings. The molecule has 0 saturated heterocycles. The molecule has 0 aromatic carbocycles. The highest BCUT2D eigenvalue weighted by Crippen LogP contribution is 2.26. The zero-order valence-electron chi connectivity index (χ0n) is 4.11. The van der Waals surface area contributed by atoms with E-state index in [1.165, 1.54) is 0 Å². The molecular formula is C3H7O3PS. The van der Waals surface area contributed by atoms with Crippen molar-refractivity contribution < 1.29 is 14.7 Å². The molecular weight excluding hydrogens is 147 g/mol. The van der Waals surface area contributed by atoms with E-state index in [4.69, 9.17) is 14.7 Å². The minimum Gasteiger partial charge on any atom is -0.325 e. The molecule has 0 rings (SSSR count). The summed E-state index contributed by atoms with van der Waals surface area (Å²) < 4.78 is 0. The van der Waals surface area contributed by atoms with Crippen molar-refractivity contribution in [2.45, 2.75) is 0 Å². The Kier molecular flexibility index (Phi) is 7.09. The second-order valence-electron chi connectivity index (χ2n) is 0.763. The topological polar surface area (TPSA) is 60.7 Å². The molecule has 3 N–H and O–H groups in total. The van der Waals surface area contributed by atoms with Crippen molar-refractivity contribution in [3.63, 3.8) is 0 Å². The third-order valence-electron chi connectivity index (χ3n) is 0. The summed E-state index contributed by atoms with van der Waals surface area (Å²) in [5.74, 6) is 0. The van der Waals surface area contributed by atoms with E-state index < -0.39 is 6.72 Å². The van der Waals surface area contributed by atoms with Gasteiger partial charge in [0.1, 0.15) is 0 Å². The van der Waals surface area contributed by atoms with Crippen LogP contribution in [0.1, 0.15) is 0 Å². The minimum absolute atomic E-state index is 2.25. The summed E-state index contributed by atoms with van der Waals surface area (Å²) >= 11 is 3.60. The van der Waals surface area contributed by atoms with Crippen LogP contribution < -0.4 is 0 Å². The van der Waals surface area contributed by atoms with E-state index in [1.54, 1.807) is 0 Å². The van der Waals surface area contributed by atoms with Gasteiger partial charge in [-0.3, -0.25) is 0 Å². The zero-order valence-corrected chi connectivity index (χ0v) is 5.82. The minimum atomic E-state index is -3.81. The molecule has 0 aromatic heterocycles. The maximum absolute atomic E-state index is 7.56. The lowest BCUT2D eigenvalue weighted by molar-refractivity contribution is 0.363. The third kappa shape index (κ3) is 61700. The van der Waals surface area contributed by atoms with Crippen LogP contribution in [0.2, 0.25) is 0 Å². The van der Waals surface area contributed by atoms with Gasteiger partial charge in [0.2, 0.25) is 0 Å². The second-order valence-corrected chi connectivity index (χ2v) is 3.26. The normalized spacial score (nSPS) is 8.38. The summed E-state index contributed by atoms with van der Waals surface area (Å²) in [5.41, 5.74) is 2.25. The van der Waals surface area contributed by atoms with Crippen LogP contribution in [0.25, 0.3) is 0 Å². The first-order chi connectivity index (χ1) is 3.41. The van der Waals surface area contributed by atoms with E-state index in [-0.39, 0.29) is 0 Å². The van der Waals surface area contributed by atoms with Gasteiger partial charge in [0.25, 0.3) is 0 Å². The molecule has 0 bridgehead atoms. The zero-order chi connectivity index (χ0) is 7.21. The standard InChI is InChI=1S/C3H4.H3O3PS/c1-3-2;1-4(2,3)5/h1-2H2;(H3,1,2,3,5). The van der Waals surface area contributed by atoms with Crippen LogP contribution in [0, 0.1) is 0 Å². The first-order valence-electron chi connectivity index (χ1n) is 1.49. The Morgan fingerprint density at radius 1 is 1.25 bits per heavy atom. The predicted octanol–water partition coefficient (Wildman–Crippen LogP) is 0.145. The molecule has 0 unspecified atom stereocenters. The molecule has 0 amide bonds. The van der Waals surface area contributed by atoms with Crippen molar-refractivity contribution in [2.24, 2.45) is 0 Å². The maximum atomic E-state index is 7.56. The molecule has 0 spiro atoms. The largest absolute Gasteiger partial charge is 0.325 e. The van der Waals surface area contributed by atoms with Gasteiger partial charge in [0.05, 0.1) is 0 Å². The third-order valence-corrected chi connectivity index (χ3v) is 0. The van der Waals surface area contributed by atoms with E-state index in [0.29, 0.717) is 0 Å². The van der Waals surface area contributed by atoms with Crippen LogP contribution in [-0.4, -0.2) is 14.7 Å². The quantitative estimate of drug-likeness (QED) is 0.343. The van der Waals surface area contributed by atoms with Crippen molar-refractivity contribution >= 4 is 18.5 Å². The maximum Gasteiger partial charge on any atom is 0.319 e. The highest BCUT2D eigenvalue weighted by molar-refractivity contribution is 8.06. The van der Waals surface area contributed by atoms with E-state index >= 15 is 0 Å². The molecule has 0 saturated carbocycles. The molecule has 0 radical (unpaired) electrons. The monoisotopic (exact) mass is 154 g/mol. The number of hydrogen-bond donors (Lipinski definition) is 3. The van der Waals surface area contributed by atoms with Crippen molar-refractivity contribution in [3.8, 4) is 0 Å². The van der Waals surface area contributed by atoms with Crippen molar-refractivity contribution in [2.75, 3.05) is 0 Å². The Balaban J connectivity index is 0. The molecule has 0 aromatic rings. The Morgan fingerprint density at radius 2 is 1.25 bits per heavy atom. The van der Waals surface area contributed by atoms with Crippen LogP contribution in [0.15, 0.2) is 18.9 Å². The Hall–Kier alpha value is 0.0500. The molecule has 5 heteroatoms. The second kappa shape index (κ2) is 5.19. The van der Waals surface area contributed by atoms with Gasteiger partial charge in [0, 0.05) is 0 Å². The van der Waals surface area contributed by atoms with Gasteiger partial charge < -0.3 is 14.7 Å². The molecule has 0 aliphatic rings. The van der Waals surface area contributed by atoms with Crippen LogP contribution in [-0.2, 0) is 11.8 Å². The summed E-state index contributed by atoms with van der Waals surface area (Å²) in [7, 11) is 0. The van der Waals surface area contributed by atoms with E-state index in [9.17, 15) is 0 Å². The molecule has 48 valence electrons. The molecule has 8 heavy (non-hydrogen) atoms. The number of rotatable bonds is 0. The first kappa shape index (κ1) is 10.9. The van der Waals surface area contributed by atoms with Crippen molar-refractivity contribution in [1.82, 2.24) is 0 Å². The highest BCUT2D eigenvalue weighted by atomic mass is 32.5. The summed E-state index contributed by atoms with van der Waals surface area (Å²) in [5, 5.41) is 0. The Labute approximate surface area is 52.9 Å². The Bertz CT molecular complexity index is 112. The average Bonchev–Trinajstić information content (AvgIpc) is 1.27. The first-order valence-corrected chi connectivity index (χ1v) is 4.15.